The second-order valence-corrected chi connectivity index (χ2v) is 9.76. The summed E-state index contributed by atoms with van der Waals surface area (Å²) in [5, 5.41) is 9.74. The summed E-state index contributed by atoms with van der Waals surface area (Å²) in [6.07, 6.45) is 2.46. The van der Waals surface area contributed by atoms with Gasteiger partial charge in [0.05, 0.1) is 11.7 Å². The molecule has 1 amide bonds. The molecule has 1 aromatic heterocycles. The van der Waals surface area contributed by atoms with Crippen molar-refractivity contribution in [3.63, 3.8) is 0 Å². The number of hydrogen-bond donors (Lipinski definition) is 0. The van der Waals surface area contributed by atoms with Crippen LogP contribution in [0.15, 0.2) is 36.4 Å². The summed E-state index contributed by atoms with van der Waals surface area (Å²) in [7, 11) is 0. The lowest BCUT2D eigenvalue weighted by Crippen LogP contribution is -2.32. The number of unbranched alkanes of at least 4 members (excludes halogenated alkanes) is 1. The number of carbonyl (C=O) groups excluding carboxylic acids is 2. The lowest BCUT2D eigenvalue weighted by Gasteiger charge is -2.19. The van der Waals surface area contributed by atoms with Gasteiger partial charge in [-0.05, 0) is 81.5 Å². The van der Waals surface area contributed by atoms with Crippen LogP contribution in [0.4, 0.5) is 9.52 Å². The normalized spacial score (nSPS) is 11.1. The van der Waals surface area contributed by atoms with E-state index in [0.717, 1.165) is 35.1 Å². The summed E-state index contributed by atoms with van der Waals surface area (Å²) in [6, 6.07) is 10.0. The molecule has 3 rings (SSSR count). The minimum absolute atomic E-state index is 0.0207. The van der Waals surface area contributed by atoms with E-state index in [0.29, 0.717) is 29.5 Å². The molecule has 0 saturated heterocycles. The van der Waals surface area contributed by atoms with Crippen molar-refractivity contribution in [1.29, 1.82) is 0 Å². The number of amides is 1. The zero-order chi connectivity index (χ0) is 25.5. The molecule has 0 bridgehead atoms. The van der Waals surface area contributed by atoms with E-state index in [1.807, 2.05) is 46.8 Å². The average molecular weight is 498 g/mol. The third-order valence-electron chi connectivity index (χ3n) is 5.62. The number of ether oxygens (including phenoxy) is 1. The number of aromatic nitrogens is 2. The fraction of sp³-hybridized carbons (Fsp3) is 0.407. The molecule has 0 aliphatic heterocycles. The van der Waals surface area contributed by atoms with Crippen LogP contribution in [0.2, 0.25) is 0 Å². The van der Waals surface area contributed by atoms with Crippen LogP contribution in [0.1, 0.15) is 67.1 Å². The minimum Gasteiger partial charge on any atom is -0.463 e. The molecule has 0 fully saturated rings. The predicted molar refractivity (Wildman–Crippen MR) is 137 cm³/mol. The zero-order valence-electron chi connectivity index (χ0n) is 20.9. The zero-order valence-corrected chi connectivity index (χ0v) is 21.7. The van der Waals surface area contributed by atoms with Crippen LogP contribution in [0.25, 0.3) is 10.6 Å². The lowest BCUT2D eigenvalue weighted by molar-refractivity contribution is -0.147. The molecule has 0 aliphatic carbocycles. The van der Waals surface area contributed by atoms with Crippen molar-refractivity contribution in [3.8, 4) is 10.6 Å². The first-order chi connectivity index (χ1) is 16.7. The van der Waals surface area contributed by atoms with E-state index in [-0.39, 0.29) is 17.6 Å². The van der Waals surface area contributed by atoms with Gasteiger partial charge in [0.25, 0.3) is 5.91 Å². The summed E-state index contributed by atoms with van der Waals surface area (Å²) in [5.74, 6) is -1.18. The molecule has 0 atom stereocenters. The highest BCUT2D eigenvalue weighted by Gasteiger charge is 2.24. The molecule has 6 nitrogen and oxygen atoms in total. The van der Waals surface area contributed by atoms with Gasteiger partial charge in [-0.15, -0.1) is 10.2 Å². The molecule has 1 heterocycles. The molecule has 186 valence electrons. The molecule has 0 saturated carbocycles. The fourth-order valence-corrected chi connectivity index (χ4v) is 4.74. The molecule has 3 aromatic rings. The standard InChI is InChI=1S/C27H32FN3O3S/c1-6-7-14-31(26(33)22-10-8-9-11-23(22)28)27-30-29-25(35-27)20-15-18(4)21(19(5)16-20)12-13-24(32)34-17(2)3/h8-11,15-17H,6-7,12-14H2,1-5H3. The number of anilines is 1. The maximum atomic E-state index is 14.3. The van der Waals surface area contributed by atoms with Gasteiger partial charge >= 0.3 is 5.97 Å². The van der Waals surface area contributed by atoms with Gasteiger partial charge < -0.3 is 4.74 Å². The highest BCUT2D eigenvalue weighted by molar-refractivity contribution is 7.18. The summed E-state index contributed by atoms with van der Waals surface area (Å²) in [5.41, 5.74) is 4.13. The summed E-state index contributed by atoms with van der Waals surface area (Å²) in [6.45, 7) is 10.2. The molecule has 35 heavy (non-hydrogen) atoms. The number of hydrogen-bond acceptors (Lipinski definition) is 6. The van der Waals surface area contributed by atoms with E-state index in [2.05, 4.69) is 10.2 Å². The van der Waals surface area contributed by atoms with Gasteiger partial charge in [-0.1, -0.05) is 36.8 Å². The van der Waals surface area contributed by atoms with Crippen LogP contribution in [-0.2, 0) is 16.0 Å². The summed E-state index contributed by atoms with van der Waals surface area (Å²) in [4.78, 5) is 26.6. The average Bonchev–Trinajstić information content (AvgIpc) is 3.28. The van der Waals surface area contributed by atoms with Crippen molar-refractivity contribution in [2.75, 3.05) is 11.4 Å². The highest BCUT2D eigenvalue weighted by atomic mass is 32.1. The van der Waals surface area contributed by atoms with Gasteiger partial charge in [0, 0.05) is 18.5 Å². The lowest BCUT2D eigenvalue weighted by atomic mass is 9.96. The van der Waals surface area contributed by atoms with Gasteiger partial charge in [-0.2, -0.15) is 0 Å². The van der Waals surface area contributed by atoms with E-state index in [9.17, 15) is 14.0 Å². The van der Waals surface area contributed by atoms with Crippen molar-refractivity contribution in [3.05, 3.63) is 64.5 Å². The van der Waals surface area contributed by atoms with E-state index in [1.165, 1.54) is 28.4 Å². The first-order valence-corrected chi connectivity index (χ1v) is 12.7. The Balaban J connectivity index is 1.84. The molecule has 0 aliphatic rings. The summed E-state index contributed by atoms with van der Waals surface area (Å²) >= 11 is 1.31. The topological polar surface area (TPSA) is 72.4 Å². The molecule has 2 aromatic carbocycles. The number of aryl methyl sites for hydroxylation is 2. The van der Waals surface area contributed by atoms with E-state index >= 15 is 0 Å². The smallest absolute Gasteiger partial charge is 0.306 e. The van der Waals surface area contributed by atoms with E-state index in [1.54, 1.807) is 12.1 Å². The quantitative estimate of drug-likeness (QED) is 0.308. The van der Waals surface area contributed by atoms with Gasteiger partial charge in [-0.25, -0.2) is 4.39 Å². The van der Waals surface area contributed by atoms with Crippen molar-refractivity contribution in [2.45, 2.75) is 66.4 Å². The third-order valence-corrected chi connectivity index (χ3v) is 6.61. The van der Waals surface area contributed by atoms with Gasteiger partial charge in [0.15, 0.2) is 0 Å². The van der Waals surface area contributed by atoms with E-state index < -0.39 is 11.7 Å². The Labute approximate surface area is 210 Å². The number of esters is 1. The third kappa shape index (κ3) is 6.72. The van der Waals surface area contributed by atoms with Gasteiger partial charge in [-0.3, -0.25) is 14.5 Å². The first-order valence-electron chi connectivity index (χ1n) is 11.9. The Morgan fingerprint density at radius 2 is 1.80 bits per heavy atom. The highest BCUT2D eigenvalue weighted by Crippen LogP contribution is 2.32. The van der Waals surface area contributed by atoms with Crippen molar-refractivity contribution in [2.24, 2.45) is 0 Å². The maximum Gasteiger partial charge on any atom is 0.306 e. The maximum absolute atomic E-state index is 14.3. The largest absolute Gasteiger partial charge is 0.463 e. The minimum atomic E-state index is -0.553. The Hall–Kier alpha value is -3.13. The van der Waals surface area contributed by atoms with Crippen LogP contribution in [0.5, 0.6) is 0 Å². The van der Waals surface area contributed by atoms with Crippen LogP contribution < -0.4 is 4.90 Å². The number of nitrogens with zero attached hydrogens (tertiary/aromatic N) is 3. The Bertz CT molecular complexity index is 1170. The summed E-state index contributed by atoms with van der Waals surface area (Å²) < 4.78 is 19.5. The van der Waals surface area contributed by atoms with E-state index in [4.69, 9.17) is 4.74 Å². The Morgan fingerprint density at radius 3 is 2.43 bits per heavy atom. The van der Waals surface area contributed by atoms with Crippen molar-refractivity contribution < 1.29 is 18.7 Å². The Kier molecular flexibility index (Phi) is 9.09. The monoisotopic (exact) mass is 497 g/mol. The molecular formula is C27H32FN3O3S. The Morgan fingerprint density at radius 1 is 1.11 bits per heavy atom. The fourth-order valence-electron chi connectivity index (χ4n) is 3.88. The SMILES string of the molecule is CCCCN(C(=O)c1ccccc1F)c1nnc(-c2cc(C)c(CCC(=O)OC(C)C)c(C)c2)s1. The first kappa shape index (κ1) is 26.5. The van der Waals surface area contributed by atoms with Crippen molar-refractivity contribution in [1.82, 2.24) is 10.2 Å². The molecule has 0 unspecified atom stereocenters. The number of benzene rings is 2. The van der Waals surface area contributed by atoms with Crippen molar-refractivity contribution >= 4 is 28.3 Å². The molecule has 0 radical (unpaired) electrons. The van der Waals surface area contributed by atoms with Crippen LogP contribution >= 0.6 is 11.3 Å². The second kappa shape index (κ2) is 12.0. The predicted octanol–water partition coefficient (Wildman–Crippen LogP) is 6.29. The number of carbonyl (C=O) groups is 2. The van der Waals surface area contributed by atoms with Crippen LogP contribution in [-0.4, -0.2) is 34.7 Å². The molecule has 8 heteroatoms. The van der Waals surface area contributed by atoms with Gasteiger partial charge in [0.2, 0.25) is 5.13 Å². The molecule has 0 spiro atoms. The number of rotatable bonds is 10. The van der Waals surface area contributed by atoms with Gasteiger partial charge in [0.1, 0.15) is 10.8 Å². The number of halogens is 1. The van der Waals surface area contributed by atoms with Crippen LogP contribution in [0.3, 0.4) is 0 Å². The van der Waals surface area contributed by atoms with Crippen LogP contribution in [0, 0.1) is 19.7 Å². The molecular weight excluding hydrogens is 465 g/mol. The second-order valence-electron chi connectivity index (χ2n) is 8.81. The molecule has 0 N–H and O–H groups in total.